The van der Waals surface area contributed by atoms with Crippen molar-refractivity contribution in [3.63, 3.8) is 0 Å². The lowest BCUT2D eigenvalue weighted by atomic mass is 10.0. The van der Waals surface area contributed by atoms with Crippen LogP contribution in [0, 0.1) is 5.82 Å². The Bertz CT molecular complexity index is 676. The summed E-state index contributed by atoms with van der Waals surface area (Å²) >= 11 is 0. The molecule has 2 N–H and O–H groups in total. The second-order valence-electron chi connectivity index (χ2n) is 5.59. The molecule has 1 amide bonds. The molecular weight excluding hydrogens is 311 g/mol. The minimum atomic E-state index is -0.895. The van der Waals surface area contributed by atoms with Crippen molar-refractivity contribution >= 4 is 5.91 Å². The molecule has 0 radical (unpaired) electrons. The fraction of sp³-hybridized carbons (Fsp3) is 0.333. The summed E-state index contributed by atoms with van der Waals surface area (Å²) in [6, 6.07) is 6.92. The van der Waals surface area contributed by atoms with Gasteiger partial charge in [0.05, 0.1) is 25.5 Å². The molecule has 24 heavy (non-hydrogen) atoms. The van der Waals surface area contributed by atoms with E-state index in [1.165, 1.54) is 24.3 Å². The van der Waals surface area contributed by atoms with Gasteiger partial charge in [0.15, 0.2) is 0 Å². The smallest absolute Gasteiger partial charge is 0.220 e. The number of methoxy groups -OCH3 is 1. The van der Waals surface area contributed by atoms with Gasteiger partial charge in [-0.3, -0.25) is 9.78 Å². The molecule has 2 aromatic rings. The summed E-state index contributed by atoms with van der Waals surface area (Å²) in [7, 11) is 1.56. The molecule has 0 aliphatic heterocycles. The number of aliphatic hydroxyl groups excluding tert-OH is 1. The van der Waals surface area contributed by atoms with E-state index < -0.39 is 12.1 Å². The first-order valence-electron chi connectivity index (χ1n) is 7.70. The van der Waals surface area contributed by atoms with Gasteiger partial charge >= 0.3 is 0 Å². The van der Waals surface area contributed by atoms with Crippen LogP contribution >= 0.6 is 0 Å². The highest BCUT2D eigenvalue weighted by atomic mass is 19.1. The molecule has 2 unspecified atom stereocenters. The lowest BCUT2D eigenvalue weighted by Gasteiger charge is -2.20. The van der Waals surface area contributed by atoms with Crippen LogP contribution in [0.3, 0.4) is 0 Å². The first kappa shape index (κ1) is 17.9. The Hall–Kier alpha value is -2.47. The van der Waals surface area contributed by atoms with Crippen molar-refractivity contribution in [2.24, 2.45) is 0 Å². The second-order valence-corrected chi connectivity index (χ2v) is 5.59. The van der Waals surface area contributed by atoms with Gasteiger partial charge < -0.3 is 15.2 Å². The average Bonchev–Trinajstić information content (AvgIpc) is 2.60. The van der Waals surface area contributed by atoms with E-state index in [2.05, 4.69) is 10.3 Å². The van der Waals surface area contributed by atoms with E-state index in [-0.39, 0.29) is 18.1 Å². The van der Waals surface area contributed by atoms with Crippen LogP contribution in [0.15, 0.2) is 42.7 Å². The van der Waals surface area contributed by atoms with Gasteiger partial charge in [0.25, 0.3) is 0 Å². The number of amides is 1. The molecule has 128 valence electrons. The van der Waals surface area contributed by atoms with Crippen molar-refractivity contribution in [1.29, 1.82) is 0 Å². The molecule has 2 atom stereocenters. The fourth-order valence-electron chi connectivity index (χ4n) is 2.32. The maximum atomic E-state index is 12.9. The standard InChI is InChI=1S/C18H21FN2O3/c1-12(18(23)14-4-6-15(19)7-5-14)21-17(22)8-3-13-9-16(24-2)11-20-10-13/h4-7,9-12,18,23H,3,8H2,1-2H3,(H,21,22). The van der Waals surface area contributed by atoms with Crippen molar-refractivity contribution < 1.29 is 19.0 Å². The monoisotopic (exact) mass is 332 g/mol. The van der Waals surface area contributed by atoms with Gasteiger partial charge in [-0.15, -0.1) is 0 Å². The van der Waals surface area contributed by atoms with E-state index in [1.54, 1.807) is 26.4 Å². The largest absolute Gasteiger partial charge is 0.495 e. The van der Waals surface area contributed by atoms with Crippen LogP contribution in [0.2, 0.25) is 0 Å². The van der Waals surface area contributed by atoms with Gasteiger partial charge in [-0.25, -0.2) is 4.39 Å². The molecule has 0 saturated heterocycles. The number of hydrogen-bond acceptors (Lipinski definition) is 4. The van der Waals surface area contributed by atoms with Gasteiger partial charge in [0, 0.05) is 12.6 Å². The summed E-state index contributed by atoms with van der Waals surface area (Å²) < 4.78 is 18.0. The molecule has 5 nitrogen and oxygen atoms in total. The maximum absolute atomic E-state index is 12.9. The van der Waals surface area contributed by atoms with E-state index in [1.807, 2.05) is 6.07 Å². The van der Waals surface area contributed by atoms with Crippen molar-refractivity contribution in [2.45, 2.75) is 31.9 Å². The number of nitrogens with one attached hydrogen (secondary N) is 1. The molecule has 0 fully saturated rings. The number of benzene rings is 1. The number of ether oxygens (including phenoxy) is 1. The second kappa shape index (κ2) is 8.40. The van der Waals surface area contributed by atoms with Gasteiger partial charge in [-0.1, -0.05) is 12.1 Å². The molecule has 2 rings (SSSR count). The summed E-state index contributed by atoms with van der Waals surface area (Å²) in [6.07, 6.45) is 3.19. The van der Waals surface area contributed by atoms with Gasteiger partial charge in [-0.05, 0) is 42.7 Å². The highest BCUT2D eigenvalue weighted by molar-refractivity contribution is 5.76. The van der Waals surface area contributed by atoms with Gasteiger partial charge in [0.1, 0.15) is 11.6 Å². The summed E-state index contributed by atoms with van der Waals surface area (Å²) in [5.74, 6) is 0.106. The Balaban J connectivity index is 1.85. The molecule has 0 saturated carbocycles. The Labute approximate surface area is 140 Å². The van der Waals surface area contributed by atoms with Crippen LogP contribution in [0.4, 0.5) is 4.39 Å². The van der Waals surface area contributed by atoms with Gasteiger partial charge in [0.2, 0.25) is 5.91 Å². The number of aryl methyl sites for hydroxylation is 1. The quantitative estimate of drug-likeness (QED) is 0.817. The van der Waals surface area contributed by atoms with Crippen LogP contribution in [-0.4, -0.2) is 29.1 Å². The molecule has 0 spiro atoms. The lowest BCUT2D eigenvalue weighted by molar-refractivity contribution is -0.122. The summed E-state index contributed by atoms with van der Waals surface area (Å²) in [4.78, 5) is 16.1. The van der Waals surface area contributed by atoms with Crippen molar-refractivity contribution in [3.8, 4) is 5.75 Å². The van der Waals surface area contributed by atoms with Crippen molar-refractivity contribution in [2.75, 3.05) is 7.11 Å². The molecule has 1 aromatic carbocycles. The van der Waals surface area contributed by atoms with E-state index in [4.69, 9.17) is 4.74 Å². The number of aromatic nitrogens is 1. The first-order valence-corrected chi connectivity index (χ1v) is 7.70. The van der Waals surface area contributed by atoms with Gasteiger partial charge in [-0.2, -0.15) is 0 Å². The number of halogens is 1. The highest BCUT2D eigenvalue weighted by Crippen LogP contribution is 2.17. The van der Waals surface area contributed by atoms with Crippen molar-refractivity contribution in [1.82, 2.24) is 10.3 Å². The number of carbonyl (C=O) groups excluding carboxylic acids is 1. The Morgan fingerprint density at radius 1 is 1.33 bits per heavy atom. The normalized spacial score (nSPS) is 13.2. The minimum Gasteiger partial charge on any atom is -0.495 e. The molecular formula is C18H21FN2O3. The zero-order chi connectivity index (χ0) is 17.5. The van der Waals surface area contributed by atoms with E-state index in [0.717, 1.165) is 5.56 Å². The number of hydrogen-bond donors (Lipinski definition) is 2. The molecule has 1 heterocycles. The summed E-state index contributed by atoms with van der Waals surface area (Å²) in [5, 5.41) is 13.0. The third kappa shape index (κ3) is 5.03. The van der Waals surface area contributed by atoms with E-state index in [0.29, 0.717) is 17.7 Å². The van der Waals surface area contributed by atoms with Crippen LogP contribution in [0.5, 0.6) is 5.75 Å². The Morgan fingerprint density at radius 2 is 2.04 bits per heavy atom. The van der Waals surface area contributed by atoms with Crippen LogP contribution in [0.25, 0.3) is 0 Å². The number of pyridine rings is 1. The van der Waals surface area contributed by atoms with Crippen LogP contribution in [-0.2, 0) is 11.2 Å². The Kier molecular flexibility index (Phi) is 6.26. The third-order valence-corrected chi connectivity index (χ3v) is 3.72. The number of aliphatic hydroxyl groups is 1. The molecule has 0 aliphatic carbocycles. The molecule has 0 aliphatic rings. The number of nitrogens with zero attached hydrogens (tertiary/aromatic N) is 1. The predicted molar refractivity (Wildman–Crippen MR) is 88.1 cm³/mol. The van der Waals surface area contributed by atoms with Crippen molar-refractivity contribution in [3.05, 3.63) is 59.7 Å². The molecule has 6 heteroatoms. The third-order valence-electron chi connectivity index (χ3n) is 3.72. The number of rotatable bonds is 7. The summed E-state index contributed by atoms with van der Waals surface area (Å²) in [6.45, 7) is 1.71. The highest BCUT2D eigenvalue weighted by Gasteiger charge is 2.18. The fourth-order valence-corrected chi connectivity index (χ4v) is 2.32. The zero-order valence-electron chi connectivity index (χ0n) is 13.7. The van der Waals surface area contributed by atoms with Crippen LogP contribution < -0.4 is 10.1 Å². The summed E-state index contributed by atoms with van der Waals surface area (Å²) in [5.41, 5.74) is 1.46. The van der Waals surface area contributed by atoms with E-state index in [9.17, 15) is 14.3 Å². The maximum Gasteiger partial charge on any atom is 0.220 e. The Morgan fingerprint density at radius 3 is 2.71 bits per heavy atom. The number of carbonyl (C=O) groups is 1. The zero-order valence-corrected chi connectivity index (χ0v) is 13.7. The van der Waals surface area contributed by atoms with E-state index >= 15 is 0 Å². The predicted octanol–water partition coefficient (Wildman–Crippen LogP) is 2.40. The molecule has 1 aromatic heterocycles. The average molecular weight is 332 g/mol. The topological polar surface area (TPSA) is 71.5 Å². The minimum absolute atomic E-state index is 0.175. The molecule has 0 bridgehead atoms. The SMILES string of the molecule is COc1cncc(CCC(=O)NC(C)C(O)c2ccc(F)cc2)c1. The lowest BCUT2D eigenvalue weighted by Crippen LogP contribution is -2.37. The first-order chi connectivity index (χ1) is 11.5. The van der Waals surface area contributed by atoms with Crippen LogP contribution in [0.1, 0.15) is 30.6 Å².